The van der Waals surface area contributed by atoms with Crippen LogP contribution < -0.4 is 0 Å². The fourth-order valence-electron chi connectivity index (χ4n) is 3.94. The van der Waals surface area contributed by atoms with E-state index in [0.717, 1.165) is 23.4 Å². The van der Waals surface area contributed by atoms with Crippen molar-refractivity contribution < 1.29 is 9.59 Å². The molecule has 5 rings (SSSR count). The summed E-state index contributed by atoms with van der Waals surface area (Å²) in [6, 6.07) is 8.89. The zero-order valence-electron chi connectivity index (χ0n) is 12.4. The minimum Gasteiger partial charge on any atom is -0.272 e. The molecule has 4 atom stereocenters. The van der Waals surface area contributed by atoms with Crippen molar-refractivity contribution in [1.29, 1.82) is 5.26 Å². The van der Waals surface area contributed by atoms with Crippen LogP contribution in [0.2, 0.25) is 0 Å². The second kappa shape index (κ2) is 5.17. The van der Waals surface area contributed by atoms with Gasteiger partial charge in [-0.1, -0.05) is 24.3 Å². The molecule has 5 heteroatoms. The summed E-state index contributed by atoms with van der Waals surface area (Å²) in [7, 11) is 0. The Bertz CT molecular complexity index is 740. The second-order valence-corrected chi connectivity index (χ2v) is 6.31. The van der Waals surface area contributed by atoms with Crippen LogP contribution in [0.5, 0.6) is 0 Å². The normalized spacial score (nSPS) is 31.7. The molecule has 114 valence electrons. The van der Waals surface area contributed by atoms with Gasteiger partial charge in [0.05, 0.1) is 29.7 Å². The number of amides is 2. The Morgan fingerprint density at radius 1 is 1.04 bits per heavy atom. The number of carbonyl (C=O) groups excluding carboxylic acids is 2. The first kappa shape index (κ1) is 13.9. The standard InChI is InChI=1S/C18H15N3O2/c19-9-11-1-3-12(4-2-11)10-20-21-17(22)15-13-5-6-14(8-7-13)16(15)18(21)23/h1-6,10,13-16H,7-8H2/b20-10-/t13-,14+,15-,16+. The molecule has 1 saturated heterocycles. The molecule has 2 fully saturated rings. The van der Waals surface area contributed by atoms with Gasteiger partial charge >= 0.3 is 0 Å². The van der Waals surface area contributed by atoms with E-state index in [-0.39, 0.29) is 35.5 Å². The van der Waals surface area contributed by atoms with E-state index in [1.165, 1.54) is 6.21 Å². The molecule has 0 aromatic heterocycles. The Kier molecular flexibility index (Phi) is 3.12. The van der Waals surface area contributed by atoms with Crippen LogP contribution in [0.4, 0.5) is 0 Å². The van der Waals surface area contributed by atoms with E-state index in [1.807, 2.05) is 6.07 Å². The SMILES string of the molecule is N#Cc1ccc(/C=N\N2C(=O)[C@@H]3[C@H](C2=O)[C@@H]2C=C[C@H]3CC2)cc1. The number of rotatable bonds is 2. The lowest BCUT2D eigenvalue weighted by Crippen LogP contribution is -2.38. The molecule has 2 bridgehead atoms. The van der Waals surface area contributed by atoms with Crippen molar-refractivity contribution in [3.8, 4) is 6.07 Å². The van der Waals surface area contributed by atoms with Crippen LogP contribution in [0, 0.1) is 35.0 Å². The number of imide groups is 1. The predicted molar refractivity (Wildman–Crippen MR) is 82.9 cm³/mol. The molecule has 4 aliphatic rings. The number of hydrogen-bond acceptors (Lipinski definition) is 4. The predicted octanol–water partition coefficient (Wildman–Crippen LogP) is 2.09. The quantitative estimate of drug-likeness (QED) is 0.477. The number of fused-ring (bicyclic) bond motifs is 1. The van der Waals surface area contributed by atoms with Crippen LogP contribution in [0.3, 0.4) is 0 Å². The highest BCUT2D eigenvalue weighted by molar-refractivity contribution is 6.06. The number of benzene rings is 1. The molecule has 2 amide bonds. The average Bonchev–Trinajstić information content (AvgIpc) is 2.88. The summed E-state index contributed by atoms with van der Waals surface area (Å²) < 4.78 is 0. The van der Waals surface area contributed by atoms with Crippen molar-refractivity contribution in [1.82, 2.24) is 5.01 Å². The fourth-order valence-corrected chi connectivity index (χ4v) is 3.94. The Labute approximate surface area is 133 Å². The van der Waals surface area contributed by atoms with Crippen molar-refractivity contribution in [3.63, 3.8) is 0 Å². The number of hydrazone groups is 1. The van der Waals surface area contributed by atoms with Gasteiger partial charge in [0.1, 0.15) is 0 Å². The number of allylic oxidation sites excluding steroid dienone is 2. The molecule has 1 saturated carbocycles. The van der Waals surface area contributed by atoms with E-state index in [4.69, 9.17) is 5.26 Å². The van der Waals surface area contributed by atoms with Gasteiger partial charge in [-0.15, -0.1) is 0 Å². The van der Waals surface area contributed by atoms with Gasteiger partial charge in [0.2, 0.25) is 0 Å². The molecule has 1 heterocycles. The van der Waals surface area contributed by atoms with Crippen molar-refractivity contribution in [3.05, 3.63) is 47.5 Å². The molecule has 1 aromatic carbocycles. The van der Waals surface area contributed by atoms with Crippen molar-refractivity contribution in [2.24, 2.45) is 28.8 Å². The van der Waals surface area contributed by atoms with Crippen LogP contribution in [-0.2, 0) is 9.59 Å². The minimum absolute atomic E-state index is 0.177. The summed E-state index contributed by atoms with van der Waals surface area (Å²) >= 11 is 0. The maximum absolute atomic E-state index is 12.6. The van der Waals surface area contributed by atoms with E-state index in [1.54, 1.807) is 24.3 Å². The van der Waals surface area contributed by atoms with Crippen LogP contribution >= 0.6 is 0 Å². The zero-order chi connectivity index (χ0) is 16.0. The van der Waals surface area contributed by atoms with E-state index < -0.39 is 0 Å². The van der Waals surface area contributed by atoms with Gasteiger partial charge in [-0.2, -0.15) is 15.4 Å². The first-order valence-electron chi connectivity index (χ1n) is 7.79. The van der Waals surface area contributed by atoms with Crippen LogP contribution in [0.1, 0.15) is 24.0 Å². The number of hydrogen-bond donors (Lipinski definition) is 0. The monoisotopic (exact) mass is 305 g/mol. The molecule has 5 nitrogen and oxygen atoms in total. The van der Waals surface area contributed by atoms with E-state index in [0.29, 0.717) is 5.56 Å². The van der Waals surface area contributed by atoms with Crippen LogP contribution in [-0.4, -0.2) is 23.0 Å². The van der Waals surface area contributed by atoms with E-state index >= 15 is 0 Å². The topological polar surface area (TPSA) is 73.5 Å². The maximum atomic E-state index is 12.6. The first-order valence-corrected chi connectivity index (χ1v) is 7.79. The molecule has 0 spiro atoms. The second-order valence-electron chi connectivity index (χ2n) is 6.31. The Balaban J connectivity index is 1.58. The smallest absolute Gasteiger partial charge is 0.254 e. The summed E-state index contributed by atoms with van der Waals surface area (Å²) in [6.45, 7) is 0. The van der Waals surface area contributed by atoms with E-state index in [2.05, 4.69) is 17.3 Å². The van der Waals surface area contributed by atoms with Gasteiger partial charge < -0.3 is 0 Å². The molecule has 0 unspecified atom stereocenters. The number of nitriles is 1. The molecular weight excluding hydrogens is 290 g/mol. The average molecular weight is 305 g/mol. The zero-order valence-corrected chi connectivity index (χ0v) is 12.4. The van der Waals surface area contributed by atoms with Gasteiger partial charge in [-0.3, -0.25) is 9.59 Å². The van der Waals surface area contributed by atoms with Crippen molar-refractivity contribution in [2.45, 2.75) is 12.8 Å². The van der Waals surface area contributed by atoms with E-state index in [9.17, 15) is 9.59 Å². The highest BCUT2D eigenvalue weighted by atomic mass is 16.2. The Morgan fingerprint density at radius 3 is 2.09 bits per heavy atom. The maximum Gasteiger partial charge on any atom is 0.254 e. The third-order valence-corrected chi connectivity index (χ3v) is 5.10. The largest absolute Gasteiger partial charge is 0.272 e. The van der Waals surface area contributed by atoms with Gasteiger partial charge in [0.25, 0.3) is 11.8 Å². The summed E-state index contributed by atoms with van der Waals surface area (Å²) in [5.74, 6) is -0.463. The molecule has 3 aliphatic carbocycles. The van der Waals surface area contributed by atoms with Crippen LogP contribution in [0.25, 0.3) is 0 Å². The molecule has 0 radical (unpaired) electrons. The third kappa shape index (κ3) is 2.10. The highest BCUT2D eigenvalue weighted by Crippen LogP contribution is 2.49. The molecule has 1 aliphatic heterocycles. The van der Waals surface area contributed by atoms with Crippen molar-refractivity contribution >= 4 is 18.0 Å². The number of carbonyl (C=O) groups is 2. The molecule has 23 heavy (non-hydrogen) atoms. The summed E-state index contributed by atoms with van der Waals surface area (Å²) in [4.78, 5) is 25.2. The Hall–Kier alpha value is -2.74. The van der Waals surface area contributed by atoms with Crippen molar-refractivity contribution in [2.75, 3.05) is 0 Å². The minimum atomic E-state index is -0.232. The summed E-state index contributed by atoms with van der Waals surface area (Å²) in [6.07, 6.45) is 7.65. The van der Waals surface area contributed by atoms with Gasteiger partial charge in [0, 0.05) is 0 Å². The highest BCUT2D eigenvalue weighted by Gasteiger charge is 2.56. The van der Waals surface area contributed by atoms with Gasteiger partial charge in [-0.05, 0) is 42.4 Å². The third-order valence-electron chi connectivity index (χ3n) is 5.10. The lowest BCUT2D eigenvalue weighted by molar-refractivity contribution is -0.140. The van der Waals surface area contributed by atoms with Gasteiger partial charge in [-0.25, -0.2) is 0 Å². The molecule has 1 aromatic rings. The fraction of sp³-hybridized carbons (Fsp3) is 0.333. The van der Waals surface area contributed by atoms with Gasteiger partial charge in [0.15, 0.2) is 0 Å². The molecular formula is C18H15N3O2. The summed E-state index contributed by atoms with van der Waals surface area (Å²) in [5, 5.41) is 14.0. The molecule has 0 N–H and O–H groups in total. The number of nitrogens with zero attached hydrogens (tertiary/aromatic N) is 3. The van der Waals surface area contributed by atoms with Crippen LogP contribution in [0.15, 0.2) is 41.5 Å². The first-order chi connectivity index (χ1) is 11.2. The lowest BCUT2D eigenvalue weighted by atomic mass is 9.63. The Morgan fingerprint density at radius 2 is 1.61 bits per heavy atom. The lowest BCUT2D eigenvalue weighted by Gasteiger charge is -2.37. The summed E-state index contributed by atoms with van der Waals surface area (Å²) in [5.41, 5.74) is 1.31.